The first-order valence-electron chi connectivity index (χ1n) is 9.00. The number of benzene rings is 1. The average Bonchev–Trinajstić information content (AvgIpc) is 2.83. The van der Waals surface area contributed by atoms with Gasteiger partial charge in [-0.25, -0.2) is 0 Å². The van der Waals surface area contributed by atoms with E-state index in [1.54, 1.807) is 7.11 Å². The predicted octanol–water partition coefficient (Wildman–Crippen LogP) is 2.95. The van der Waals surface area contributed by atoms with Crippen molar-refractivity contribution in [2.24, 2.45) is 5.92 Å². The van der Waals surface area contributed by atoms with E-state index >= 15 is 0 Å². The zero-order valence-corrected chi connectivity index (χ0v) is 16.3. The van der Waals surface area contributed by atoms with Crippen LogP contribution in [0.3, 0.4) is 0 Å². The zero-order chi connectivity index (χ0) is 18.7. The molecule has 0 atom stereocenters. The fourth-order valence-corrected chi connectivity index (χ4v) is 3.47. The number of amides is 2. The standard InChI is InChI=1S/C20H30N2O3/c1-13(2)19(23)21-8-7-9-22(11-10-21)20(24)17-12-14(3)18(25-6)16(5)15(17)4/h12-13H,7-11H2,1-6H3. The monoisotopic (exact) mass is 346 g/mol. The summed E-state index contributed by atoms with van der Waals surface area (Å²) in [5.41, 5.74) is 3.68. The number of hydrogen-bond donors (Lipinski definition) is 0. The summed E-state index contributed by atoms with van der Waals surface area (Å²) in [5.74, 6) is 1.06. The van der Waals surface area contributed by atoms with Gasteiger partial charge in [-0.1, -0.05) is 13.8 Å². The highest BCUT2D eigenvalue weighted by molar-refractivity contribution is 5.96. The molecule has 0 radical (unpaired) electrons. The average molecular weight is 346 g/mol. The van der Waals surface area contributed by atoms with Crippen molar-refractivity contribution in [3.05, 3.63) is 28.3 Å². The summed E-state index contributed by atoms with van der Waals surface area (Å²) < 4.78 is 5.45. The summed E-state index contributed by atoms with van der Waals surface area (Å²) in [4.78, 5) is 29.0. The Hall–Kier alpha value is -2.04. The van der Waals surface area contributed by atoms with Gasteiger partial charge in [0.15, 0.2) is 0 Å². The van der Waals surface area contributed by atoms with E-state index in [1.807, 2.05) is 50.5 Å². The molecule has 0 unspecified atom stereocenters. The first-order valence-corrected chi connectivity index (χ1v) is 9.00. The van der Waals surface area contributed by atoms with E-state index in [4.69, 9.17) is 4.74 Å². The maximum absolute atomic E-state index is 13.1. The molecule has 1 aliphatic rings. The van der Waals surface area contributed by atoms with Gasteiger partial charge in [0.25, 0.3) is 5.91 Å². The van der Waals surface area contributed by atoms with Gasteiger partial charge >= 0.3 is 0 Å². The Labute approximate surface area is 150 Å². The van der Waals surface area contributed by atoms with Crippen molar-refractivity contribution in [3.8, 4) is 5.75 Å². The first kappa shape index (κ1) is 19.3. The molecule has 5 heteroatoms. The molecule has 0 aromatic heterocycles. The van der Waals surface area contributed by atoms with E-state index in [1.165, 1.54) is 0 Å². The Kier molecular flexibility index (Phi) is 6.09. The van der Waals surface area contributed by atoms with E-state index in [2.05, 4.69) is 0 Å². The van der Waals surface area contributed by atoms with Crippen molar-refractivity contribution in [1.82, 2.24) is 9.80 Å². The molecular weight excluding hydrogens is 316 g/mol. The predicted molar refractivity (Wildman–Crippen MR) is 99.1 cm³/mol. The van der Waals surface area contributed by atoms with Crippen LogP contribution in [0, 0.1) is 26.7 Å². The van der Waals surface area contributed by atoms with Crippen molar-refractivity contribution in [2.45, 2.75) is 41.0 Å². The van der Waals surface area contributed by atoms with E-state index in [0.29, 0.717) is 19.6 Å². The molecule has 1 fully saturated rings. The minimum Gasteiger partial charge on any atom is -0.496 e. The lowest BCUT2D eigenvalue weighted by Gasteiger charge is -2.24. The molecule has 1 heterocycles. The van der Waals surface area contributed by atoms with Crippen LogP contribution in [0.5, 0.6) is 5.75 Å². The Morgan fingerprint density at radius 1 is 1.00 bits per heavy atom. The SMILES string of the molecule is COc1c(C)cc(C(=O)N2CCCN(C(=O)C(C)C)CC2)c(C)c1C. The maximum atomic E-state index is 13.1. The van der Waals surface area contributed by atoms with Crippen LogP contribution in [-0.4, -0.2) is 54.9 Å². The quantitative estimate of drug-likeness (QED) is 0.845. The fourth-order valence-electron chi connectivity index (χ4n) is 3.47. The second-order valence-electron chi connectivity index (χ2n) is 7.15. The van der Waals surface area contributed by atoms with Crippen LogP contribution in [-0.2, 0) is 4.79 Å². The molecule has 0 aliphatic carbocycles. The van der Waals surface area contributed by atoms with Gasteiger partial charge in [0.05, 0.1) is 7.11 Å². The third-order valence-corrected chi connectivity index (χ3v) is 5.05. The number of methoxy groups -OCH3 is 1. The minimum atomic E-state index is -0.00335. The second-order valence-corrected chi connectivity index (χ2v) is 7.15. The normalized spacial score (nSPS) is 15.3. The van der Waals surface area contributed by atoms with Gasteiger partial charge in [-0.05, 0) is 49.9 Å². The molecule has 0 spiro atoms. The number of rotatable bonds is 3. The molecular formula is C20H30N2O3. The van der Waals surface area contributed by atoms with Crippen LogP contribution in [0.15, 0.2) is 6.07 Å². The summed E-state index contributed by atoms with van der Waals surface area (Å²) in [6, 6.07) is 1.92. The molecule has 1 aromatic carbocycles. The summed E-state index contributed by atoms with van der Waals surface area (Å²) in [7, 11) is 1.66. The third-order valence-electron chi connectivity index (χ3n) is 5.05. The van der Waals surface area contributed by atoms with Crippen LogP contribution < -0.4 is 4.74 Å². The second kappa shape index (κ2) is 7.89. The van der Waals surface area contributed by atoms with Crippen LogP contribution in [0.25, 0.3) is 0 Å². The smallest absolute Gasteiger partial charge is 0.254 e. The number of nitrogens with zero attached hydrogens (tertiary/aromatic N) is 2. The van der Waals surface area contributed by atoms with E-state index in [-0.39, 0.29) is 17.7 Å². The Morgan fingerprint density at radius 2 is 1.60 bits per heavy atom. The van der Waals surface area contributed by atoms with E-state index in [9.17, 15) is 9.59 Å². The lowest BCUT2D eigenvalue weighted by Crippen LogP contribution is -2.39. The van der Waals surface area contributed by atoms with Crippen molar-refractivity contribution in [1.29, 1.82) is 0 Å². The summed E-state index contributed by atoms with van der Waals surface area (Å²) in [5, 5.41) is 0. The van der Waals surface area contributed by atoms with Crippen LogP contribution in [0.1, 0.15) is 47.3 Å². The van der Waals surface area contributed by atoms with Crippen LogP contribution >= 0.6 is 0 Å². The van der Waals surface area contributed by atoms with Crippen molar-refractivity contribution < 1.29 is 14.3 Å². The molecule has 5 nitrogen and oxygen atoms in total. The summed E-state index contributed by atoms with van der Waals surface area (Å²) >= 11 is 0. The molecule has 1 saturated heterocycles. The van der Waals surface area contributed by atoms with Gasteiger partial charge in [-0.3, -0.25) is 9.59 Å². The Balaban J connectivity index is 2.20. The van der Waals surface area contributed by atoms with Gasteiger partial charge in [0, 0.05) is 37.7 Å². The number of aryl methyl sites for hydroxylation is 1. The minimum absolute atomic E-state index is 0.00335. The number of carbonyl (C=O) groups excluding carboxylic acids is 2. The highest BCUT2D eigenvalue weighted by atomic mass is 16.5. The number of carbonyl (C=O) groups is 2. The van der Waals surface area contributed by atoms with Gasteiger partial charge < -0.3 is 14.5 Å². The molecule has 0 N–H and O–H groups in total. The largest absolute Gasteiger partial charge is 0.496 e. The topological polar surface area (TPSA) is 49.9 Å². The lowest BCUT2D eigenvalue weighted by molar-refractivity contribution is -0.134. The van der Waals surface area contributed by atoms with Gasteiger partial charge in [-0.2, -0.15) is 0 Å². The molecule has 138 valence electrons. The summed E-state index contributed by atoms with van der Waals surface area (Å²) in [6.45, 7) is 12.4. The molecule has 1 aromatic rings. The molecule has 25 heavy (non-hydrogen) atoms. The van der Waals surface area contributed by atoms with Crippen molar-refractivity contribution >= 4 is 11.8 Å². The van der Waals surface area contributed by atoms with Crippen LogP contribution in [0.2, 0.25) is 0 Å². The van der Waals surface area contributed by atoms with Crippen LogP contribution in [0.4, 0.5) is 0 Å². The fraction of sp³-hybridized carbons (Fsp3) is 0.600. The number of hydrogen-bond acceptors (Lipinski definition) is 3. The van der Waals surface area contributed by atoms with Crippen molar-refractivity contribution in [3.63, 3.8) is 0 Å². The Morgan fingerprint density at radius 3 is 2.20 bits per heavy atom. The van der Waals surface area contributed by atoms with Gasteiger partial charge in [0.2, 0.25) is 5.91 Å². The first-order chi connectivity index (χ1) is 11.8. The molecule has 0 bridgehead atoms. The third kappa shape index (κ3) is 3.97. The Bertz CT molecular complexity index is 667. The molecule has 0 saturated carbocycles. The van der Waals surface area contributed by atoms with Gasteiger partial charge in [-0.15, -0.1) is 0 Å². The highest BCUT2D eigenvalue weighted by Crippen LogP contribution is 2.29. The summed E-state index contributed by atoms with van der Waals surface area (Å²) in [6.07, 6.45) is 0.817. The zero-order valence-electron chi connectivity index (χ0n) is 16.3. The molecule has 1 aliphatic heterocycles. The molecule has 2 amide bonds. The van der Waals surface area contributed by atoms with Gasteiger partial charge in [0.1, 0.15) is 5.75 Å². The number of ether oxygens (including phenoxy) is 1. The van der Waals surface area contributed by atoms with Crippen molar-refractivity contribution in [2.75, 3.05) is 33.3 Å². The van der Waals surface area contributed by atoms with E-state index in [0.717, 1.165) is 41.0 Å². The van der Waals surface area contributed by atoms with E-state index < -0.39 is 0 Å². The highest BCUT2D eigenvalue weighted by Gasteiger charge is 2.25. The molecule has 2 rings (SSSR count). The maximum Gasteiger partial charge on any atom is 0.254 e. The lowest BCUT2D eigenvalue weighted by atomic mass is 9.97.